The lowest BCUT2D eigenvalue weighted by atomic mass is 10.0. The second-order valence-electron chi connectivity index (χ2n) is 6.76. The van der Waals surface area contributed by atoms with E-state index in [0.29, 0.717) is 17.9 Å². The Bertz CT molecular complexity index is 1130. The van der Waals surface area contributed by atoms with E-state index in [9.17, 15) is 20.0 Å². The fourth-order valence-corrected chi connectivity index (χ4v) is 3.07. The van der Waals surface area contributed by atoms with Crippen LogP contribution in [0.1, 0.15) is 53.4 Å². The Kier molecular flexibility index (Phi) is 7.42. The van der Waals surface area contributed by atoms with Crippen molar-refractivity contribution in [1.29, 1.82) is 5.26 Å². The van der Waals surface area contributed by atoms with Gasteiger partial charge < -0.3 is 19.3 Å². The topological polar surface area (TPSA) is 123 Å². The minimum Gasteiger partial charge on any atom is -0.494 e. The number of esters is 1. The van der Waals surface area contributed by atoms with Crippen LogP contribution in [0.25, 0.3) is 0 Å². The Labute approximate surface area is 180 Å². The lowest BCUT2D eigenvalue weighted by molar-refractivity contribution is 0.0601. The molecule has 2 rings (SSSR count). The molecule has 31 heavy (non-hydrogen) atoms. The summed E-state index contributed by atoms with van der Waals surface area (Å²) >= 11 is 0. The van der Waals surface area contributed by atoms with Crippen molar-refractivity contribution in [3.63, 3.8) is 0 Å². The highest BCUT2D eigenvalue weighted by atomic mass is 16.5. The maximum atomic E-state index is 12.6. The molecule has 1 N–H and O–H groups in total. The highest BCUT2D eigenvalue weighted by Crippen LogP contribution is 2.35. The van der Waals surface area contributed by atoms with Crippen LogP contribution in [0.5, 0.6) is 17.4 Å². The molecule has 1 atom stereocenters. The van der Waals surface area contributed by atoms with E-state index >= 15 is 0 Å². The van der Waals surface area contributed by atoms with Crippen molar-refractivity contribution >= 4 is 17.9 Å². The minimum absolute atomic E-state index is 0.0833. The molecule has 0 aliphatic rings. The number of nitriles is 1. The highest BCUT2D eigenvalue weighted by Gasteiger charge is 2.21. The van der Waals surface area contributed by atoms with Crippen LogP contribution in [0.3, 0.4) is 0 Å². The molecule has 0 amide bonds. The van der Waals surface area contributed by atoms with Gasteiger partial charge in [-0.15, -0.1) is 0 Å². The van der Waals surface area contributed by atoms with Crippen LogP contribution < -0.4 is 15.0 Å². The number of aliphatic imine (C=N–C) groups is 1. The van der Waals surface area contributed by atoms with Crippen LogP contribution in [0.2, 0.25) is 0 Å². The van der Waals surface area contributed by atoms with Gasteiger partial charge in [0.1, 0.15) is 11.6 Å². The van der Waals surface area contributed by atoms with Gasteiger partial charge in [-0.1, -0.05) is 6.92 Å². The average Bonchev–Trinajstić information content (AvgIpc) is 2.77. The number of hydrogen-bond donors (Lipinski definition) is 1. The summed E-state index contributed by atoms with van der Waals surface area (Å²) in [6, 6.07) is 4.50. The van der Waals surface area contributed by atoms with Gasteiger partial charge in [-0.05, 0) is 25.8 Å². The zero-order valence-corrected chi connectivity index (χ0v) is 18.3. The summed E-state index contributed by atoms with van der Waals surface area (Å²) < 4.78 is 16.5. The van der Waals surface area contributed by atoms with Gasteiger partial charge in [0.05, 0.1) is 38.1 Å². The quantitative estimate of drug-likeness (QED) is 0.531. The van der Waals surface area contributed by atoms with E-state index in [0.717, 1.165) is 0 Å². The maximum Gasteiger partial charge on any atom is 0.340 e. The molecule has 2 aromatic rings. The number of ether oxygens (including phenoxy) is 3. The summed E-state index contributed by atoms with van der Waals surface area (Å²) in [5, 5.41) is 20.3. The number of carbonyl (C=O) groups is 1. The molecule has 0 saturated carbocycles. The summed E-state index contributed by atoms with van der Waals surface area (Å²) in [6.45, 7) is 5.18. The van der Waals surface area contributed by atoms with Crippen molar-refractivity contribution in [2.75, 3.05) is 21.3 Å². The van der Waals surface area contributed by atoms with Crippen LogP contribution in [0.4, 0.5) is 5.69 Å². The van der Waals surface area contributed by atoms with Crippen molar-refractivity contribution in [3.8, 4) is 23.4 Å². The number of nitrogens with zero attached hydrogens (tertiary/aromatic N) is 3. The minimum atomic E-state index is -0.642. The van der Waals surface area contributed by atoms with Crippen molar-refractivity contribution in [3.05, 3.63) is 44.7 Å². The van der Waals surface area contributed by atoms with E-state index in [1.807, 2.05) is 13.0 Å². The monoisotopic (exact) mass is 427 g/mol. The molecule has 1 heterocycles. The number of aromatic hydroxyl groups is 1. The normalized spacial score (nSPS) is 11.8. The van der Waals surface area contributed by atoms with Gasteiger partial charge in [0.25, 0.3) is 5.56 Å². The van der Waals surface area contributed by atoms with E-state index in [1.54, 1.807) is 13.8 Å². The Balaban J connectivity index is 2.77. The second-order valence-corrected chi connectivity index (χ2v) is 6.76. The Morgan fingerprint density at radius 1 is 1.29 bits per heavy atom. The van der Waals surface area contributed by atoms with Crippen molar-refractivity contribution in [2.45, 2.75) is 33.2 Å². The number of aromatic nitrogens is 1. The summed E-state index contributed by atoms with van der Waals surface area (Å²) in [7, 11) is 4.12. The lowest BCUT2D eigenvalue weighted by Gasteiger charge is -2.18. The third kappa shape index (κ3) is 4.38. The molecule has 1 aromatic carbocycles. The zero-order valence-electron chi connectivity index (χ0n) is 18.3. The maximum absolute atomic E-state index is 12.6. The number of pyridine rings is 1. The van der Waals surface area contributed by atoms with Gasteiger partial charge >= 0.3 is 5.97 Å². The van der Waals surface area contributed by atoms with Crippen LogP contribution >= 0.6 is 0 Å². The summed E-state index contributed by atoms with van der Waals surface area (Å²) in [6.07, 6.45) is 1.87. The molecule has 0 radical (unpaired) electrons. The molecule has 9 nitrogen and oxygen atoms in total. The summed E-state index contributed by atoms with van der Waals surface area (Å²) in [4.78, 5) is 29.2. The third-order valence-electron chi connectivity index (χ3n) is 5.06. The highest BCUT2D eigenvalue weighted by molar-refractivity contribution is 5.98. The number of carbonyl (C=O) groups excluding carboxylic acids is 1. The molecule has 1 aromatic heterocycles. The first kappa shape index (κ1) is 23.5. The fourth-order valence-electron chi connectivity index (χ4n) is 3.07. The third-order valence-corrected chi connectivity index (χ3v) is 5.06. The number of rotatable bonds is 7. The number of hydrogen-bond acceptors (Lipinski definition) is 8. The van der Waals surface area contributed by atoms with Gasteiger partial charge in [0, 0.05) is 24.4 Å². The number of methoxy groups -OCH3 is 3. The van der Waals surface area contributed by atoms with Gasteiger partial charge in [-0.3, -0.25) is 14.4 Å². The van der Waals surface area contributed by atoms with Gasteiger partial charge in [0.15, 0.2) is 11.5 Å². The van der Waals surface area contributed by atoms with Crippen LogP contribution in [0.15, 0.2) is 21.9 Å². The Morgan fingerprint density at radius 2 is 1.90 bits per heavy atom. The molecule has 9 heteroatoms. The van der Waals surface area contributed by atoms with E-state index < -0.39 is 11.5 Å². The molecule has 164 valence electrons. The van der Waals surface area contributed by atoms with Crippen molar-refractivity contribution in [2.24, 2.45) is 4.99 Å². The van der Waals surface area contributed by atoms with Crippen molar-refractivity contribution < 1.29 is 24.1 Å². The van der Waals surface area contributed by atoms with Crippen LogP contribution in [-0.4, -0.2) is 43.2 Å². The lowest BCUT2D eigenvalue weighted by Crippen LogP contribution is -2.27. The largest absolute Gasteiger partial charge is 0.494 e. The standard InChI is InChI=1S/C22H25N3O6/c1-7-12(2)25-20(26)15(10-23)13(3)16(21(25)27)11-24-17-9-19(30-5)18(29-4)8-14(17)22(28)31-6/h8-9,11-12,27H,7H2,1-6H3/t12-/m1/s1. The van der Waals surface area contributed by atoms with Gasteiger partial charge in [-0.2, -0.15) is 5.26 Å². The zero-order chi connectivity index (χ0) is 23.3. The van der Waals surface area contributed by atoms with E-state index in [1.165, 1.54) is 44.2 Å². The van der Waals surface area contributed by atoms with E-state index in [2.05, 4.69) is 4.99 Å². The van der Waals surface area contributed by atoms with Gasteiger partial charge in [-0.25, -0.2) is 4.79 Å². The molecule has 0 saturated heterocycles. The molecular weight excluding hydrogens is 402 g/mol. The smallest absolute Gasteiger partial charge is 0.340 e. The molecule has 0 fully saturated rings. The number of benzene rings is 1. The summed E-state index contributed by atoms with van der Waals surface area (Å²) in [5.41, 5.74) is 0.147. The molecule has 0 aliphatic carbocycles. The van der Waals surface area contributed by atoms with Crippen LogP contribution in [-0.2, 0) is 4.74 Å². The average molecular weight is 427 g/mol. The molecule has 0 aliphatic heterocycles. The fraction of sp³-hybridized carbons (Fsp3) is 0.364. The van der Waals surface area contributed by atoms with Gasteiger partial charge in [0.2, 0.25) is 5.88 Å². The second kappa shape index (κ2) is 9.80. The molecule has 0 spiro atoms. The predicted octanol–water partition coefficient (Wildman–Crippen LogP) is 3.26. The molecule has 0 bridgehead atoms. The first-order valence-electron chi connectivity index (χ1n) is 9.52. The Morgan fingerprint density at radius 3 is 2.42 bits per heavy atom. The first-order valence-corrected chi connectivity index (χ1v) is 9.52. The first-order chi connectivity index (χ1) is 14.7. The van der Waals surface area contributed by atoms with Crippen LogP contribution in [0, 0.1) is 18.3 Å². The molecule has 0 unspecified atom stereocenters. The Hall–Kier alpha value is -3.80. The van der Waals surface area contributed by atoms with Crippen molar-refractivity contribution in [1.82, 2.24) is 4.57 Å². The SMILES string of the molecule is CC[C@@H](C)n1c(O)c(C=Nc2cc(OC)c(OC)cc2C(=O)OC)c(C)c(C#N)c1=O. The molecular formula is C22H25N3O6. The summed E-state index contributed by atoms with van der Waals surface area (Å²) in [5.74, 6) is -0.292. The van der Waals surface area contributed by atoms with E-state index in [-0.39, 0.29) is 39.9 Å². The van der Waals surface area contributed by atoms with E-state index in [4.69, 9.17) is 14.2 Å². The predicted molar refractivity (Wildman–Crippen MR) is 115 cm³/mol.